The largest absolute Gasteiger partial charge is 0.507 e. The van der Waals surface area contributed by atoms with Crippen molar-refractivity contribution in [3.63, 3.8) is 0 Å². The number of ketones is 1. The first-order valence-electron chi connectivity index (χ1n) is 12.1. The summed E-state index contributed by atoms with van der Waals surface area (Å²) in [6.45, 7) is 6.51. The van der Waals surface area contributed by atoms with Crippen LogP contribution in [0.25, 0.3) is 5.76 Å². The molecule has 2 aliphatic rings. The van der Waals surface area contributed by atoms with Gasteiger partial charge in [0.05, 0.1) is 11.6 Å². The summed E-state index contributed by atoms with van der Waals surface area (Å²) in [5.74, 6) is -0.276. The molecular formula is C30H29NO4. The fourth-order valence-electron chi connectivity index (χ4n) is 4.96. The van der Waals surface area contributed by atoms with Gasteiger partial charge >= 0.3 is 0 Å². The van der Waals surface area contributed by atoms with E-state index in [0.29, 0.717) is 11.5 Å². The minimum absolute atomic E-state index is 0.0679. The summed E-state index contributed by atoms with van der Waals surface area (Å²) in [5.41, 5.74) is 4.50. The number of hydrogen-bond donors (Lipinski definition) is 1. The molecule has 0 radical (unpaired) electrons. The van der Waals surface area contributed by atoms with Crippen LogP contribution in [0.1, 0.15) is 60.5 Å². The average Bonchev–Trinajstić information content (AvgIpc) is 3.35. The Balaban J connectivity index is 1.62. The molecule has 178 valence electrons. The van der Waals surface area contributed by atoms with Gasteiger partial charge in [-0.25, -0.2) is 0 Å². The maximum absolute atomic E-state index is 13.3. The third kappa shape index (κ3) is 4.23. The molecule has 0 spiro atoms. The number of carbonyl (C=O) groups is 2. The minimum atomic E-state index is -0.681. The van der Waals surface area contributed by atoms with E-state index in [1.807, 2.05) is 73.7 Å². The maximum Gasteiger partial charge on any atom is 0.295 e. The number of likely N-dealkylation sites (tertiary alicyclic amines) is 1. The standard InChI is InChI=1S/C30H29NO4/c1-18(2)21-9-11-22(12-10-21)27-26(28(32)23-13-14-25-24(16-23)15-19(3)35-25)29(33)30(34)31(27)17-20-7-5-4-6-8-20/h4-14,16,18-19,27,32H,15,17H2,1-3H3/b28-26-. The second kappa shape index (κ2) is 9.06. The molecule has 1 fully saturated rings. The Morgan fingerprint density at radius 2 is 1.74 bits per heavy atom. The summed E-state index contributed by atoms with van der Waals surface area (Å²) >= 11 is 0. The maximum atomic E-state index is 13.3. The predicted molar refractivity (Wildman–Crippen MR) is 135 cm³/mol. The Morgan fingerprint density at radius 1 is 1.03 bits per heavy atom. The van der Waals surface area contributed by atoms with Gasteiger partial charge in [0.15, 0.2) is 0 Å². The van der Waals surface area contributed by atoms with Crippen LogP contribution in [0.4, 0.5) is 0 Å². The average molecular weight is 468 g/mol. The van der Waals surface area contributed by atoms with Gasteiger partial charge < -0.3 is 14.7 Å². The summed E-state index contributed by atoms with van der Waals surface area (Å²) in [6.07, 6.45) is 0.803. The van der Waals surface area contributed by atoms with Crippen molar-refractivity contribution in [2.24, 2.45) is 0 Å². The molecule has 2 atom stereocenters. The molecule has 5 nitrogen and oxygen atoms in total. The summed E-state index contributed by atoms with van der Waals surface area (Å²) in [6, 6.07) is 22.3. The number of benzene rings is 3. The highest BCUT2D eigenvalue weighted by Crippen LogP contribution is 2.41. The van der Waals surface area contributed by atoms with E-state index in [1.54, 1.807) is 11.0 Å². The van der Waals surface area contributed by atoms with E-state index in [-0.39, 0.29) is 24.0 Å². The molecule has 1 saturated heterocycles. The number of hydrogen-bond acceptors (Lipinski definition) is 4. The Kier molecular flexibility index (Phi) is 5.93. The second-order valence-corrected chi connectivity index (χ2v) is 9.69. The van der Waals surface area contributed by atoms with Crippen LogP contribution >= 0.6 is 0 Å². The molecular weight excluding hydrogens is 438 g/mol. The molecule has 0 aliphatic carbocycles. The smallest absolute Gasteiger partial charge is 0.295 e. The number of aliphatic hydroxyl groups excluding tert-OH is 1. The first kappa shape index (κ1) is 22.9. The van der Waals surface area contributed by atoms with Crippen molar-refractivity contribution in [1.29, 1.82) is 0 Å². The fraction of sp³-hybridized carbons (Fsp3) is 0.267. The Hall–Kier alpha value is -3.86. The number of carbonyl (C=O) groups excluding carboxylic acids is 2. The van der Waals surface area contributed by atoms with E-state index in [9.17, 15) is 14.7 Å². The Morgan fingerprint density at radius 3 is 2.43 bits per heavy atom. The van der Waals surface area contributed by atoms with Crippen LogP contribution < -0.4 is 4.74 Å². The van der Waals surface area contributed by atoms with Gasteiger partial charge in [0.2, 0.25) is 0 Å². The van der Waals surface area contributed by atoms with E-state index in [2.05, 4.69) is 13.8 Å². The summed E-state index contributed by atoms with van der Waals surface area (Å²) in [4.78, 5) is 28.1. The second-order valence-electron chi connectivity index (χ2n) is 9.69. The van der Waals surface area contributed by atoms with Crippen molar-refractivity contribution in [1.82, 2.24) is 4.90 Å². The zero-order valence-electron chi connectivity index (χ0n) is 20.2. The van der Waals surface area contributed by atoms with Gasteiger partial charge in [-0.2, -0.15) is 0 Å². The molecule has 0 saturated carbocycles. The highest BCUT2D eigenvalue weighted by Gasteiger charge is 2.46. The van der Waals surface area contributed by atoms with E-state index < -0.39 is 17.7 Å². The van der Waals surface area contributed by atoms with E-state index >= 15 is 0 Å². The van der Waals surface area contributed by atoms with Crippen molar-refractivity contribution in [3.8, 4) is 5.75 Å². The Bertz CT molecular complexity index is 1310. The molecule has 0 aromatic heterocycles. The molecule has 3 aromatic rings. The third-order valence-electron chi connectivity index (χ3n) is 6.82. The van der Waals surface area contributed by atoms with Gasteiger partial charge in [-0.05, 0) is 53.3 Å². The molecule has 5 heteroatoms. The number of ether oxygens (including phenoxy) is 1. The summed E-state index contributed by atoms with van der Waals surface area (Å²) in [7, 11) is 0. The number of nitrogens with zero attached hydrogens (tertiary/aromatic N) is 1. The van der Waals surface area contributed by atoms with Crippen LogP contribution in [0.15, 0.2) is 78.4 Å². The van der Waals surface area contributed by atoms with Crippen LogP contribution in [0.2, 0.25) is 0 Å². The first-order valence-corrected chi connectivity index (χ1v) is 12.1. The van der Waals surface area contributed by atoms with Crippen molar-refractivity contribution < 1.29 is 19.4 Å². The van der Waals surface area contributed by atoms with Crippen LogP contribution in [0, 0.1) is 0 Å². The van der Waals surface area contributed by atoms with E-state index in [4.69, 9.17) is 4.74 Å². The van der Waals surface area contributed by atoms with E-state index in [0.717, 1.165) is 28.9 Å². The summed E-state index contributed by atoms with van der Waals surface area (Å²) < 4.78 is 5.78. The zero-order valence-corrected chi connectivity index (χ0v) is 20.2. The Labute approximate surface area is 205 Å². The molecule has 2 aliphatic heterocycles. The highest BCUT2D eigenvalue weighted by molar-refractivity contribution is 6.46. The third-order valence-corrected chi connectivity index (χ3v) is 6.82. The minimum Gasteiger partial charge on any atom is -0.507 e. The highest BCUT2D eigenvalue weighted by atomic mass is 16.5. The lowest BCUT2D eigenvalue weighted by atomic mass is 9.92. The first-order chi connectivity index (χ1) is 16.8. The molecule has 0 bridgehead atoms. The number of fused-ring (bicyclic) bond motifs is 1. The zero-order chi connectivity index (χ0) is 24.7. The molecule has 1 amide bonds. The molecule has 3 aromatic carbocycles. The molecule has 2 unspecified atom stereocenters. The molecule has 5 rings (SSSR count). The van der Waals surface area contributed by atoms with Crippen molar-refractivity contribution >= 4 is 17.4 Å². The lowest BCUT2D eigenvalue weighted by molar-refractivity contribution is -0.140. The van der Waals surface area contributed by atoms with Gasteiger partial charge in [0.1, 0.15) is 17.6 Å². The quantitative estimate of drug-likeness (QED) is 0.295. The SMILES string of the molecule is CC1Cc2cc(/C(O)=C3/C(=O)C(=O)N(Cc4ccccc4)C3c3ccc(C(C)C)cc3)ccc2O1. The van der Waals surface area contributed by atoms with Crippen LogP contribution in [-0.2, 0) is 22.6 Å². The normalized spacial score (nSPS) is 20.9. The van der Waals surface area contributed by atoms with Gasteiger partial charge in [0.25, 0.3) is 11.7 Å². The topological polar surface area (TPSA) is 66.8 Å². The van der Waals surface area contributed by atoms with E-state index in [1.165, 1.54) is 5.56 Å². The van der Waals surface area contributed by atoms with Gasteiger partial charge in [-0.1, -0.05) is 68.4 Å². The summed E-state index contributed by atoms with van der Waals surface area (Å²) in [5, 5.41) is 11.4. The van der Waals surface area contributed by atoms with Crippen molar-refractivity contribution in [3.05, 3.63) is 106 Å². The molecule has 2 heterocycles. The number of Topliss-reactive ketones (excluding diaryl/α,β-unsaturated/α-hetero) is 1. The van der Waals surface area contributed by atoms with Crippen LogP contribution in [0.3, 0.4) is 0 Å². The number of rotatable bonds is 5. The monoisotopic (exact) mass is 467 g/mol. The van der Waals surface area contributed by atoms with Crippen LogP contribution in [0.5, 0.6) is 5.75 Å². The molecule has 1 N–H and O–H groups in total. The number of amides is 1. The lowest BCUT2D eigenvalue weighted by Crippen LogP contribution is -2.29. The molecule has 35 heavy (non-hydrogen) atoms. The van der Waals surface area contributed by atoms with Crippen LogP contribution in [-0.4, -0.2) is 27.8 Å². The van der Waals surface area contributed by atoms with Crippen molar-refractivity contribution in [2.75, 3.05) is 0 Å². The van der Waals surface area contributed by atoms with Gasteiger partial charge in [-0.3, -0.25) is 9.59 Å². The fourth-order valence-corrected chi connectivity index (χ4v) is 4.96. The predicted octanol–water partition coefficient (Wildman–Crippen LogP) is 5.76. The van der Waals surface area contributed by atoms with Gasteiger partial charge in [-0.15, -0.1) is 0 Å². The van der Waals surface area contributed by atoms with Crippen molar-refractivity contribution in [2.45, 2.75) is 51.8 Å². The lowest BCUT2D eigenvalue weighted by Gasteiger charge is -2.26. The van der Waals surface area contributed by atoms with Gasteiger partial charge in [0, 0.05) is 18.5 Å². The number of aliphatic hydroxyl groups is 1.